The number of fused-ring (bicyclic) bond motifs is 1. The minimum Gasteiger partial charge on any atom is -0.378 e. The smallest absolute Gasteiger partial charge is 0.193 e. The third kappa shape index (κ3) is 4.03. The fraction of sp³-hybridized carbons (Fsp3) is 0.650. The van der Waals surface area contributed by atoms with E-state index in [0.29, 0.717) is 0 Å². The normalized spacial score (nSPS) is 24.0. The van der Waals surface area contributed by atoms with Crippen LogP contribution in [0.2, 0.25) is 0 Å². The molecule has 1 saturated heterocycles. The van der Waals surface area contributed by atoms with Gasteiger partial charge in [0.05, 0.1) is 0 Å². The highest BCUT2D eigenvalue weighted by atomic mass is 15.3. The molecule has 2 unspecified atom stereocenters. The van der Waals surface area contributed by atoms with Gasteiger partial charge in [-0.25, -0.2) is 0 Å². The van der Waals surface area contributed by atoms with Crippen LogP contribution in [0.1, 0.15) is 31.2 Å². The molecule has 1 aromatic carbocycles. The summed E-state index contributed by atoms with van der Waals surface area (Å²) in [5.74, 6) is 2.89. The number of hydrogen-bond acceptors (Lipinski definition) is 2. The Morgan fingerprint density at radius 1 is 1.12 bits per heavy atom. The lowest BCUT2D eigenvalue weighted by Crippen LogP contribution is -2.41. The van der Waals surface area contributed by atoms with E-state index in [1.54, 1.807) is 0 Å². The predicted molar refractivity (Wildman–Crippen MR) is 103 cm³/mol. The molecule has 2 atom stereocenters. The van der Waals surface area contributed by atoms with E-state index in [-0.39, 0.29) is 0 Å². The maximum absolute atomic E-state index is 4.52. The molecule has 0 bridgehead atoms. The second-order valence-electron chi connectivity index (χ2n) is 7.49. The van der Waals surface area contributed by atoms with Crippen molar-refractivity contribution in [3.63, 3.8) is 0 Å². The van der Waals surface area contributed by atoms with Crippen LogP contribution in [0.15, 0.2) is 29.3 Å². The second-order valence-corrected chi connectivity index (χ2v) is 7.49. The molecule has 2 fully saturated rings. The summed E-state index contributed by atoms with van der Waals surface area (Å²) in [5.41, 5.74) is 2.63. The van der Waals surface area contributed by atoms with Gasteiger partial charge in [0.2, 0.25) is 0 Å². The maximum Gasteiger partial charge on any atom is 0.193 e. The van der Waals surface area contributed by atoms with E-state index in [4.69, 9.17) is 0 Å². The van der Waals surface area contributed by atoms with Crippen LogP contribution < -0.4 is 10.2 Å². The SMILES string of the molecule is CN=C(NCCc1ccc(N(C)C)cc1)N1CC2CCCCC2C1. The average molecular weight is 329 g/mol. The zero-order chi connectivity index (χ0) is 16.9. The molecule has 24 heavy (non-hydrogen) atoms. The molecule has 0 spiro atoms. The Hall–Kier alpha value is -1.71. The summed E-state index contributed by atoms with van der Waals surface area (Å²) in [6, 6.07) is 8.83. The minimum absolute atomic E-state index is 0.899. The number of nitrogens with one attached hydrogen (secondary N) is 1. The zero-order valence-electron chi connectivity index (χ0n) is 15.5. The Balaban J connectivity index is 1.48. The van der Waals surface area contributed by atoms with Crippen molar-refractivity contribution in [2.24, 2.45) is 16.8 Å². The van der Waals surface area contributed by atoms with Gasteiger partial charge >= 0.3 is 0 Å². The van der Waals surface area contributed by atoms with Crippen molar-refractivity contribution < 1.29 is 0 Å². The van der Waals surface area contributed by atoms with Gasteiger partial charge in [-0.05, 0) is 48.8 Å². The van der Waals surface area contributed by atoms with Crippen LogP contribution >= 0.6 is 0 Å². The van der Waals surface area contributed by atoms with Crippen LogP contribution in [-0.2, 0) is 6.42 Å². The van der Waals surface area contributed by atoms with E-state index in [1.165, 1.54) is 50.0 Å². The molecule has 2 aliphatic rings. The molecule has 1 aliphatic heterocycles. The van der Waals surface area contributed by atoms with Crippen molar-refractivity contribution in [3.8, 4) is 0 Å². The van der Waals surface area contributed by atoms with Gasteiger partial charge in [0.15, 0.2) is 5.96 Å². The fourth-order valence-corrected chi connectivity index (χ4v) is 4.19. The van der Waals surface area contributed by atoms with Crippen LogP contribution in [0.4, 0.5) is 5.69 Å². The first-order chi connectivity index (χ1) is 11.7. The fourth-order valence-electron chi connectivity index (χ4n) is 4.19. The van der Waals surface area contributed by atoms with Gasteiger partial charge < -0.3 is 15.1 Å². The Bertz CT molecular complexity index is 535. The lowest BCUT2D eigenvalue weighted by atomic mass is 9.82. The molecule has 132 valence electrons. The van der Waals surface area contributed by atoms with Gasteiger partial charge in [-0.2, -0.15) is 0 Å². The zero-order valence-corrected chi connectivity index (χ0v) is 15.5. The first kappa shape index (κ1) is 17.1. The van der Waals surface area contributed by atoms with Crippen LogP contribution in [0.5, 0.6) is 0 Å². The molecule has 0 radical (unpaired) electrons. The molecule has 1 N–H and O–H groups in total. The molecular weight excluding hydrogens is 296 g/mol. The van der Waals surface area contributed by atoms with E-state index in [0.717, 1.165) is 30.8 Å². The van der Waals surface area contributed by atoms with Crippen LogP contribution in [0.3, 0.4) is 0 Å². The summed E-state index contributed by atoms with van der Waals surface area (Å²) in [5, 5.41) is 3.57. The molecule has 0 amide bonds. The number of anilines is 1. The topological polar surface area (TPSA) is 30.9 Å². The van der Waals surface area contributed by atoms with Crippen molar-refractivity contribution in [3.05, 3.63) is 29.8 Å². The highest BCUT2D eigenvalue weighted by Crippen LogP contribution is 2.35. The number of nitrogens with zero attached hydrogens (tertiary/aromatic N) is 3. The van der Waals surface area contributed by atoms with Crippen LogP contribution in [0, 0.1) is 11.8 Å². The monoisotopic (exact) mass is 328 g/mol. The van der Waals surface area contributed by atoms with Crippen LogP contribution in [0.25, 0.3) is 0 Å². The van der Waals surface area contributed by atoms with Gasteiger partial charge in [0, 0.05) is 46.5 Å². The Kier molecular flexibility index (Phi) is 5.64. The quantitative estimate of drug-likeness (QED) is 0.681. The number of likely N-dealkylation sites (tertiary alicyclic amines) is 1. The highest BCUT2D eigenvalue weighted by molar-refractivity contribution is 5.80. The lowest BCUT2D eigenvalue weighted by Gasteiger charge is -2.22. The molecule has 4 heteroatoms. The first-order valence-electron chi connectivity index (χ1n) is 9.39. The highest BCUT2D eigenvalue weighted by Gasteiger charge is 2.35. The number of guanidine groups is 1. The first-order valence-corrected chi connectivity index (χ1v) is 9.39. The average Bonchev–Trinajstić information content (AvgIpc) is 3.03. The van der Waals surface area contributed by atoms with E-state index in [1.807, 2.05) is 7.05 Å². The van der Waals surface area contributed by atoms with E-state index < -0.39 is 0 Å². The minimum atomic E-state index is 0.899. The molecular formula is C20H32N4. The molecule has 1 aliphatic carbocycles. The summed E-state index contributed by atoms with van der Waals surface area (Å²) in [6.07, 6.45) is 6.70. The van der Waals surface area contributed by atoms with Crippen molar-refractivity contribution in [1.29, 1.82) is 0 Å². The Morgan fingerprint density at radius 3 is 2.29 bits per heavy atom. The third-order valence-electron chi connectivity index (χ3n) is 5.64. The van der Waals surface area contributed by atoms with Crippen molar-refractivity contribution in [1.82, 2.24) is 10.2 Å². The van der Waals surface area contributed by atoms with Crippen molar-refractivity contribution >= 4 is 11.6 Å². The van der Waals surface area contributed by atoms with E-state index >= 15 is 0 Å². The van der Waals surface area contributed by atoms with Gasteiger partial charge in [-0.1, -0.05) is 25.0 Å². The summed E-state index contributed by atoms with van der Waals surface area (Å²) in [4.78, 5) is 9.14. The maximum atomic E-state index is 4.52. The molecule has 0 aromatic heterocycles. The summed E-state index contributed by atoms with van der Waals surface area (Å²) in [7, 11) is 6.07. The lowest BCUT2D eigenvalue weighted by molar-refractivity contribution is 0.299. The number of rotatable bonds is 4. The van der Waals surface area contributed by atoms with Crippen molar-refractivity contribution in [2.45, 2.75) is 32.1 Å². The van der Waals surface area contributed by atoms with Crippen LogP contribution in [-0.4, -0.2) is 51.6 Å². The van der Waals surface area contributed by atoms with Gasteiger partial charge in [-0.15, -0.1) is 0 Å². The summed E-state index contributed by atoms with van der Waals surface area (Å²) in [6.45, 7) is 3.34. The second kappa shape index (κ2) is 7.91. The molecule has 1 saturated carbocycles. The summed E-state index contributed by atoms with van der Waals surface area (Å²) >= 11 is 0. The predicted octanol–water partition coefficient (Wildman–Crippen LogP) is 2.99. The Morgan fingerprint density at radius 2 is 1.75 bits per heavy atom. The van der Waals surface area contributed by atoms with Gasteiger partial charge in [0.25, 0.3) is 0 Å². The number of hydrogen-bond donors (Lipinski definition) is 1. The van der Waals surface area contributed by atoms with Gasteiger partial charge in [-0.3, -0.25) is 4.99 Å². The van der Waals surface area contributed by atoms with Gasteiger partial charge in [0.1, 0.15) is 0 Å². The molecule has 3 rings (SSSR count). The van der Waals surface area contributed by atoms with E-state index in [9.17, 15) is 0 Å². The third-order valence-corrected chi connectivity index (χ3v) is 5.64. The molecule has 1 heterocycles. The molecule has 1 aromatic rings. The standard InChI is InChI=1S/C20H32N4/c1-21-20(24-14-17-6-4-5-7-18(17)15-24)22-13-12-16-8-10-19(11-9-16)23(2)3/h8-11,17-18H,4-7,12-15H2,1-3H3,(H,21,22). The largest absolute Gasteiger partial charge is 0.378 e. The van der Waals surface area contributed by atoms with E-state index in [2.05, 4.69) is 58.5 Å². The number of aliphatic imine (C=N–C) groups is 1. The Labute approximate surface area is 146 Å². The van der Waals surface area contributed by atoms with Crippen molar-refractivity contribution in [2.75, 3.05) is 45.7 Å². The molecule has 4 nitrogen and oxygen atoms in total. The number of benzene rings is 1. The summed E-state index contributed by atoms with van der Waals surface area (Å²) < 4.78 is 0.